The van der Waals surface area contributed by atoms with Crippen molar-refractivity contribution in [1.82, 2.24) is 0 Å². The Balaban J connectivity index is 1.96. The molecule has 0 bridgehead atoms. The van der Waals surface area contributed by atoms with E-state index in [1.807, 2.05) is 6.07 Å². The minimum absolute atomic E-state index is 0.522. The smallest absolute Gasteiger partial charge is 0.0819 e. The summed E-state index contributed by atoms with van der Waals surface area (Å²) in [6.45, 7) is 0.574. The van der Waals surface area contributed by atoms with Crippen LogP contribution in [0.5, 0.6) is 0 Å². The molecule has 0 amide bonds. The molecule has 1 aromatic carbocycles. The Morgan fingerprint density at radius 1 is 1.27 bits per heavy atom. The summed E-state index contributed by atoms with van der Waals surface area (Å²) in [6, 6.07) is 5.37. The van der Waals surface area contributed by atoms with Crippen molar-refractivity contribution in [3.63, 3.8) is 0 Å². The van der Waals surface area contributed by atoms with E-state index in [2.05, 4.69) is 5.32 Å². The van der Waals surface area contributed by atoms with Crippen molar-refractivity contribution in [2.75, 3.05) is 11.9 Å². The predicted molar refractivity (Wildman–Crippen MR) is 63.8 cm³/mol. The molecular weight excluding hydrogens is 233 g/mol. The number of aliphatic hydroxyl groups is 1. The lowest BCUT2D eigenvalue weighted by molar-refractivity contribution is -0.0201. The topological polar surface area (TPSA) is 32.3 Å². The highest BCUT2D eigenvalue weighted by Crippen LogP contribution is 2.32. The molecule has 1 saturated carbocycles. The summed E-state index contributed by atoms with van der Waals surface area (Å²) in [7, 11) is 0. The second-order valence-electron chi connectivity index (χ2n) is 4.06. The summed E-state index contributed by atoms with van der Waals surface area (Å²) in [4.78, 5) is 0. The maximum absolute atomic E-state index is 9.87. The molecule has 1 fully saturated rings. The Kier molecular flexibility index (Phi) is 3.10. The van der Waals surface area contributed by atoms with Crippen LogP contribution in [-0.4, -0.2) is 17.3 Å². The number of nitrogens with one attached hydrogen (secondary N) is 1. The third-order valence-electron chi connectivity index (χ3n) is 2.83. The summed E-state index contributed by atoms with van der Waals surface area (Å²) in [5.74, 6) is 0. The fourth-order valence-corrected chi connectivity index (χ4v) is 1.93. The molecule has 0 saturated heterocycles. The molecule has 0 aliphatic heterocycles. The highest BCUT2D eigenvalue weighted by Gasteiger charge is 2.33. The monoisotopic (exact) mass is 245 g/mol. The lowest BCUT2D eigenvalue weighted by atomic mass is 9.80. The highest BCUT2D eigenvalue weighted by atomic mass is 35.5. The molecule has 1 aliphatic rings. The molecule has 1 aromatic rings. The fourth-order valence-electron chi connectivity index (χ4n) is 1.63. The Morgan fingerprint density at radius 3 is 2.53 bits per heavy atom. The van der Waals surface area contributed by atoms with Crippen LogP contribution in [0.25, 0.3) is 0 Å². The van der Waals surface area contributed by atoms with Gasteiger partial charge in [-0.05, 0) is 37.5 Å². The highest BCUT2D eigenvalue weighted by molar-refractivity contribution is 6.42. The average Bonchev–Trinajstić information content (AvgIpc) is 2.17. The van der Waals surface area contributed by atoms with Gasteiger partial charge < -0.3 is 10.4 Å². The standard InChI is InChI=1S/C11H13Cl2NO/c12-9-3-2-8(6-10(9)13)14-7-11(15)4-1-5-11/h2-3,6,14-15H,1,4-5,7H2. The van der Waals surface area contributed by atoms with E-state index in [1.54, 1.807) is 12.1 Å². The van der Waals surface area contributed by atoms with Gasteiger partial charge >= 0.3 is 0 Å². The average molecular weight is 246 g/mol. The minimum Gasteiger partial charge on any atom is -0.388 e. The molecule has 0 atom stereocenters. The molecular formula is C11H13Cl2NO. The third-order valence-corrected chi connectivity index (χ3v) is 3.56. The van der Waals surface area contributed by atoms with Crippen LogP contribution in [0.1, 0.15) is 19.3 Å². The van der Waals surface area contributed by atoms with Gasteiger partial charge in [-0.3, -0.25) is 0 Å². The first kappa shape index (κ1) is 11.1. The van der Waals surface area contributed by atoms with Crippen LogP contribution < -0.4 is 5.32 Å². The molecule has 2 N–H and O–H groups in total. The van der Waals surface area contributed by atoms with E-state index in [0.717, 1.165) is 24.9 Å². The van der Waals surface area contributed by atoms with Crippen molar-refractivity contribution in [1.29, 1.82) is 0 Å². The fraction of sp³-hybridized carbons (Fsp3) is 0.455. The number of hydrogen-bond donors (Lipinski definition) is 2. The lowest BCUT2D eigenvalue weighted by Gasteiger charge is -2.36. The van der Waals surface area contributed by atoms with Gasteiger partial charge in [0.15, 0.2) is 0 Å². The van der Waals surface area contributed by atoms with Gasteiger partial charge in [0.25, 0.3) is 0 Å². The van der Waals surface area contributed by atoms with Crippen molar-refractivity contribution in [2.45, 2.75) is 24.9 Å². The molecule has 1 aliphatic carbocycles. The molecule has 0 aromatic heterocycles. The SMILES string of the molecule is OC1(CNc2ccc(Cl)c(Cl)c2)CCC1. The Morgan fingerprint density at radius 2 is 2.00 bits per heavy atom. The molecule has 2 nitrogen and oxygen atoms in total. The summed E-state index contributed by atoms with van der Waals surface area (Å²) in [6.07, 6.45) is 2.86. The van der Waals surface area contributed by atoms with Crippen LogP contribution in [0.15, 0.2) is 18.2 Å². The predicted octanol–water partition coefficient (Wildman–Crippen LogP) is 3.32. The van der Waals surface area contributed by atoms with E-state index in [9.17, 15) is 5.11 Å². The zero-order chi connectivity index (χ0) is 10.9. The van der Waals surface area contributed by atoms with E-state index in [0.29, 0.717) is 16.6 Å². The first-order valence-corrected chi connectivity index (χ1v) is 5.76. The van der Waals surface area contributed by atoms with E-state index in [-0.39, 0.29) is 0 Å². The number of hydrogen-bond acceptors (Lipinski definition) is 2. The maximum Gasteiger partial charge on any atom is 0.0819 e. The molecule has 0 spiro atoms. The third kappa shape index (κ3) is 2.57. The molecule has 82 valence electrons. The van der Waals surface area contributed by atoms with Gasteiger partial charge in [0.05, 0.1) is 15.6 Å². The zero-order valence-electron chi connectivity index (χ0n) is 8.26. The largest absolute Gasteiger partial charge is 0.388 e. The number of anilines is 1. The minimum atomic E-state index is -0.522. The van der Waals surface area contributed by atoms with Crippen LogP contribution in [0.2, 0.25) is 10.0 Å². The van der Waals surface area contributed by atoms with Gasteiger partial charge in [-0.15, -0.1) is 0 Å². The summed E-state index contributed by atoms with van der Waals surface area (Å²) >= 11 is 11.7. The van der Waals surface area contributed by atoms with Gasteiger partial charge in [0, 0.05) is 12.2 Å². The second kappa shape index (κ2) is 4.20. The van der Waals surface area contributed by atoms with Gasteiger partial charge in [-0.1, -0.05) is 23.2 Å². The number of rotatable bonds is 3. The van der Waals surface area contributed by atoms with Crippen molar-refractivity contribution < 1.29 is 5.11 Å². The van der Waals surface area contributed by atoms with Gasteiger partial charge in [0.2, 0.25) is 0 Å². The quantitative estimate of drug-likeness (QED) is 0.857. The van der Waals surface area contributed by atoms with E-state index in [1.165, 1.54) is 0 Å². The first-order valence-electron chi connectivity index (χ1n) is 5.00. The van der Waals surface area contributed by atoms with Crippen molar-refractivity contribution in [3.05, 3.63) is 28.2 Å². The van der Waals surface area contributed by atoms with Crippen LogP contribution >= 0.6 is 23.2 Å². The molecule has 2 rings (SSSR count). The molecule has 0 radical (unpaired) electrons. The lowest BCUT2D eigenvalue weighted by Crippen LogP contribution is -2.43. The first-order chi connectivity index (χ1) is 7.09. The van der Waals surface area contributed by atoms with Crippen LogP contribution in [0, 0.1) is 0 Å². The van der Waals surface area contributed by atoms with Gasteiger partial charge in [-0.25, -0.2) is 0 Å². The van der Waals surface area contributed by atoms with E-state index < -0.39 is 5.60 Å². The second-order valence-corrected chi connectivity index (χ2v) is 4.87. The van der Waals surface area contributed by atoms with Crippen molar-refractivity contribution >= 4 is 28.9 Å². The molecule has 0 heterocycles. The van der Waals surface area contributed by atoms with Crippen LogP contribution in [0.4, 0.5) is 5.69 Å². The number of halogens is 2. The van der Waals surface area contributed by atoms with Gasteiger partial charge in [0.1, 0.15) is 0 Å². The summed E-state index contributed by atoms with van der Waals surface area (Å²) < 4.78 is 0. The molecule has 15 heavy (non-hydrogen) atoms. The Labute approximate surface area is 99.2 Å². The van der Waals surface area contributed by atoms with Crippen molar-refractivity contribution in [2.24, 2.45) is 0 Å². The maximum atomic E-state index is 9.87. The summed E-state index contributed by atoms with van der Waals surface area (Å²) in [5, 5.41) is 14.1. The van der Waals surface area contributed by atoms with Crippen LogP contribution in [-0.2, 0) is 0 Å². The molecule has 4 heteroatoms. The van der Waals surface area contributed by atoms with Crippen molar-refractivity contribution in [3.8, 4) is 0 Å². The van der Waals surface area contributed by atoms with Crippen LogP contribution in [0.3, 0.4) is 0 Å². The Bertz CT molecular complexity index is 364. The zero-order valence-corrected chi connectivity index (χ0v) is 9.78. The Hall–Kier alpha value is -0.440. The number of benzene rings is 1. The van der Waals surface area contributed by atoms with E-state index in [4.69, 9.17) is 23.2 Å². The molecule has 0 unspecified atom stereocenters. The van der Waals surface area contributed by atoms with E-state index >= 15 is 0 Å². The summed E-state index contributed by atoms with van der Waals surface area (Å²) in [5.41, 5.74) is 0.372. The normalized spacial score (nSPS) is 18.3. The van der Waals surface area contributed by atoms with Gasteiger partial charge in [-0.2, -0.15) is 0 Å².